The van der Waals surface area contributed by atoms with E-state index >= 15 is 0 Å². The summed E-state index contributed by atoms with van der Waals surface area (Å²) >= 11 is 0. The van der Waals surface area contributed by atoms with Crippen LogP contribution in [0.2, 0.25) is 0 Å². The van der Waals surface area contributed by atoms with E-state index in [0.717, 1.165) is 6.42 Å². The van der Waals surface area contributed by atoms with E-state index in [-0.39, 0.29) is 5.41 Å². The normalized spacial score (nSPS) is 17.4. The SMILES string of the molecule is C1=CC2=C(C1)c1ccccc1C21c2ccccc2-c2c(-c3c4ccccc4c(-c4ccccc4)c4ccccc34)cccc21. The molecule has 0 nitrogen and oxygen atoms in total. The molecule has 3 aliphatic carbocycles. The molecule has 0 heterocycles. The second-order valence-corrected chi connectivity index (χ2v) is 12.3. The smallest absolute Gasteiger partial charge is 0.0722 e. The van der Waals surface area contributed by atoms with E-state index in [4.69, 9.17) is 0 Å². The van der Waals surface area contributed by atoms with E-state index < -0.39 is 0 Å². The van der Waals surface area contributed by atoms with Crippen LogP contribution >= 0.6 is 0 Å². The lowest BCUT2D eigenvalue weighted by Crippen LogP contribution is -2.26. The summed E-state index contributed by atoms with van der Waals surface area (Å²) in [5.41, 5.74) is 16.2. The fraction of sp³-hybridized carbons (Fsp3) is 0.0455. The Bertz CT molecular complexity index is 2350. The zero-order valence-corrected chi connectivity index (χ0v) is 24.2. The maximum Gasteiger partial charge on any atom is 0.0722 e. The molecule has 3 aliphatic rings. The first-order chi connectivity index (χ1) is 21.9. The van der Waals surface area contributed by atoms with E-state index in [2.05, 4.69) is 158 Å². The van der Waals surface area contributed by atoms with Gasteiger partial charge in [0.2, 0.25) is 0 Å². The largest absolute Gasteiger partial charge is 0.0798 e. The molecule has 7 aromatic carbocycles. The van der Waals surface area contributed by atoms with Crippen molar-refractivity contribution in [3.8, 4) is 33.4 Å². The Hall–Kier alpha value is -5.46. The van der Waals surface area contributed by atoms with E-state index in [1.807, 2.05) is 0 Å². The topological polar surface area (TPSA) is 0 Å². The minimum Gasteiger partial charge on any atom is -0.0798 e. The standard InChI is InChI=1S/C44H28/c1-2-14-28(15-3-1)41-31-17-4-6-19-33(31)42(34-20-7-5-18-32(34)41)36-23-13-27-40-43(36)35-21-9-11-25-39(35)44(40)37-24-10-8-16-29(37)30-22-12-26-38(30)44/h1-21,23-27H,22H2. The molecule has 0 amide bonds. The molecule has 0 heteroatoms. The molecule has 44 heavy (non-hydrogen) atoms. The van der Waals surface area contributed by atoms with Crippen molar-refractivity contribution in [1.29, 1.82) is 0 Å². The van der Waals surface area contributed by atoms with Gasteiger partial charge in [-0.3, -0.25) is 0 Å². The summed E-state index contributed by atoms with van der Waals surface area (Å²) in [6.45, 7) is 0. The van der Waals surface area contributed by atoms with Crippen molar-refractivity contribution in [2.24, 2.45) is 0 Å². The van der Waals surface area contributed by atoms with Crippen LogP contribution in [0.15, 0.2) is 163 Å². The van der Waals surface area contributed by atoms with Crippen molar-refractivity contribution >= 4 is 27.1 Å². The zero-order valence-electron chi connectivity index (χ0n) is 24.2. The fourth-order valence-corrected chi connectivity index (χ4v) is 8.78. The summed E-state index contributed by atoms with van der Waals surface area (Å²) in [5, 5.41) is 5.18. The highest BCUT2D eigenvalue weighted by Gasteiger charge is 2.53. The van der Waals surface area contributed by atoms with Gasteiger partial charge in [0.05, 0.1) is 5.41 Å². The maximum atomic E-state index is 2.41. The first kappa shape index (κ1) is 24.0. The molecular weight excluding hydrogens is 528 g/mol. The second-order valence-electron chi connectivity index (χ2n) is 12.3. The van der Waals surface area contributed by atoms with Crippen molar-refractivity contribution in [3.63, 3.8) is 0 Å². The monoisotopic (exact) mass is 556 g/mol. The van der Waals surface area contributed by atoms with Crippen LogP contribution in [0, 0.1) is 0 Å². The van der Waals surface area contributed by atoms with Crippen LogP contribution in [0.4, 0.5) is 0 Å². The number of fused-ring (bicyclic) bond motifs is 11. The number of benzene rings is 7. The molecule has 0 radical (unpaired) electrons. The molecule has 10 rings (SSSR count). The van der Waals surface area contributed by atoms with Crippen molar-refractivity contribution in [2.75, 3.05) is 0 Å². The molecular formula is C44H28. The molecule has 7 aromatic rings. The van der Waals surface area contributed by atoms with Crippen LogP contribution in [0.3, 0.4) is 0 Å². The van der Waals surface area contributed by atoms with Crippen LogP contribution in [0.5, 0.6) is 0 Å². The average molecular weight is 557 g/mol. The minimum atomic E-state index is -0.295. The zero-order chi connectivity index (χ0) is 28.8. The van der Waals surface area contributed by atoms with Crippen molar-refractivity contribution in [2.45, 2.75) is 11.8 Å². The van der Waals surface area contributed by atoms with Gasteiger partial charge >= 0.3 is 0 Å². The summed E-state index contributed by atoms with van der Waals surface area (Å²) in [4.78, 5) is 0. The molecule has 1 unspecified atom stereocenters. The predicted octanol–water partition coefficient (Wildman–Crippen LogP) is 11.4. The number of hydrogen-bond acceptors (Lipinski definition) is 0. The third-order valence-corrected chi connectivity index (χ3v) is 10.3. The third kappa shape index (κ3) is 2.88. The number of rotatable bonds is 2. The predicted molar refractivity (Wildman–Crippen MR) is 185 cm³/mol. The lowest BCUT2D eigenvalue weighted by atomic mass is 9.69. The molecule has 0 bridgehead atoms. The van der Waals surface area contributed by atoms with Crippen LogP contribution in [0.25, 0.3) is 60.5 Å². The Morgan fingerprint density at radius 3 is 1.61 bits per heavy atom. The van der Waals surface area contributed by atoms with E-state index in [0.29, 0.717) is 0 Å². The van der Waals surface area contributed by atoms with Gasteiger partial charge in [-0.15, -0.1) is 0 Å². The summed E-state index contributed by atoms with van der Waals surface area (Å²) in [6.07, 6.45) is 5.77. The number of hydrogen-bond donors (Lipinski definition) is 0. The average Bonchev–Trinajstić information content (AvgIpc) is 3.77. The highest BCUT2D eigenvalue weighted by molar-refractivity contribution is 6.23. The van der Waals surface area contributed by atoms with E-state index in [1.54, 1.807) is 0 Å². The van der Waals surface area contributed by atoms with Crippen LogP contribution in [0.1, 0.15) is 28.7 Å². The first-order valence-corrected chi connectivity index (χ1v) is 15.6. The fourth-order valence-electron chi connectivity index (χ4n) is 8.78. The van der Waals surface area contributed by atoms with Crippen LogP contribution in [-0.2, 0) is 5.41 Å². The second kappa shape index (κ2) is 8.78. The third-order valence-electron chi connectivity index (χ3n) is 10.3. The Labute approximate surface area is 257 Å². The Morgan fingerprint density at radius 2 is 0.909 bits per heavy atom. The van der Waals surface area contributed by atoms with Crippen LogP contribution < -0.4 is 0 Å². The van der Waals surface area contributed by atoms with Gasteiger partial charge in [0.15, 0.2) is 0 Å². The quantitative estimate of drug-likeness (QED) is 0.186. The van der Waals surface area contributed by atoms with Gasteiger partial charge in [-0.25, -0.2) is 0 Å². The highest BCUT2D eigenvalue weighted by atomic mass is 14.5. The summed E-state index contributed by atoms with van der Waals surface area (Å²) in [6, 6.07) is 54.3. The Morgan fingerprint density at radius 1 is 0.386 bits per heavy atom. The van der Waals surface area contributed by atoms with Gasteiger partial charge < -0.3 is 0 Å². The Balaban J connectivity index is 1.37. The molecule has 1 spiro atoms. The summed E-state index contributed by atoms with van der Waals surface area (Å²) in [5.74, 6) is 0. The van der Waals surface area contributed by atoms with Crippen molar-refractivity contribution < 1.29 is 0 Å². The molecule has 0 aliphatic heterocycles. The van der Waals surface area contributed by atoms with Gasteiger partial charge in [0.25, 0.3) is 0 Å². The summed E-state index contributed by atoms with van der Waals surface area (Å²) in [7, 11) is 0. The molecule has 1 atom stereocenters. The van der Waals surface area contributed by atoms with Crippen molar-refractivity contribution in [3.05, 3.63) is 186 Å². The molecule has 0 fully saturated rings. The minimum absolute atomic E-state index is 0.295. The lowest BCUT2D eigenvalue weighted by molar-refractivity contribution is 0.787. The Kier molecular flexibility index (Phi) is 4.80. The number of allylic oxidation sites excluding steroid dienone is 4. The van der Waals surface area contributed by atoms with Gasteiger partial charge in [0, 0.05) is 0 Å². The molecule has 0 aromatic heterocycles. The van der Waals surface area contributed by atoms with Crippen molar-refractivity contribution in [1.82, 2.24) is 0 Å². The van der Waals surface area contributed by atoms with E-state index in [1.165, 1.54) is 88.3 Å². The molecule has 0 N–H and O–H groups in total. The van der Waals surface area contributed by atoms with Crippen LogP contribution in [-0.4, -0.2) is 0 Å². The maximum absolute atomic E-state index is 2.41. The van der Waals surface area contributed by atoms with Gasteiger partial charge in [-0.1, -0.05) is 158 Å². The van der Waals surface area contributed by atoms with Gasteiger partial charge in [-0.05, 0) is 94.7 Å². The molecule has 204 valence electrons. The highest BCUT2D eigenvalue weighted by Crippen LogP contribution is 2.65. The molecule has 0 saturated heterocycles. The van der Waals surface area contributed by atoms with Gasteiger partial charge in [0.1, 0.15) is 0 Å². The molecule has 0 saturated carbocycles. The summed E-state index contributed by atoms with van der Waals surface area (Å²) < 4.78 is 0. The lowest BCUT2D eigenvalue weighted by Gasteiger charge is -2.31. The first-order valence-electron chi connectivity index (χ1n) is 15.6. The van der Waals surface area contributed by atoms with E-state index in [9.17, 15) is 0 Å². The van der Waals surface area contributed by atoms with Gasteiger partial charge in [-0.2, -0.15) is 0 Å².